The average molecular weight is 874 g/mol. The van der Waals surface area contributed by atoms with Crippen molar-refractivity contribution in [1.29, 1.82) is 0 Å². The predicted octanol–water partition coefficient (Wildman–Crippen LogP) is 4.81. The number of likely N-dealkylation sites (N-methyl/N-ethyl adjacent to an activating group) is 1. The molecular formula is C48H63N3O12. The second kappa shape index (κ2) is 19.6. The lowest BCUT2D eigenvalue weighted by Gasteiger charge is -2.50. The number of rotatable bonds is 20. The van der Waals surface area contributed by atoms with Crippen LogP contribution in [0.25, 0.3) is 6.08 Å². The minimum atomic E-state index is -1.52. The number of ether oxygens (including phenoxy) is 5. The zero-order chi connectivity index (χ0) is 44.9. The Kier molecular flexibility index (Phi) is 14.4. The van der Waals surface area contributed by atoms with Crippen molar-refractivity contribution in [3.63, 3.8) is 0 Å². The molecule has 1 saturated carbocycles. The first-order valence-corrected chi connectivity index (χ1v) is 22.6. The van der Waals surface area contributed by atoms with Crippen molar-refractivity contribution < 1.29 is 57.6 Å². The van der Waals surface area contributed by atoms with E-state index in [1.807, 2.05) is 42.5 Å². The Labute approximate surface area is 369 Å². The molecule has 2 aromatic rings. The summed E-state index contributed by atoms with van der Waals surface area (Å²) in [6.07, 6.45) is 6.01. The molecule has 4 saturated heterocycles. The van der Waals surface area contributed by atoms with Gasteiger partial charge in [0.2, 0.25) is 17.9 Å². The van der Waals surface area contributed by atoms with Crippen LogP contribution in [0.15, 0.2) is 60.7 Å². The van der Waals surface area contributed by atoms with Gasteiger partial charge in [0.25, 0.3) is 0 Å². The van der Waals surface area contributed by atoms with Gasteiger partial charge in [-0.25, -0.2) is 9.59 Å². The van der Waals surface area contributed by atoms with Gasteiger partial charge in [-0.3, -0.25) is 19.2 Å². The summed E-state index contributed by atoms with van der Waals surface area (Å²) in [6.45, 7) is 7.87. The Bertz CT molecular complexity index is 1980. The standard InChI is InChI=1S/C48H63N3O12/c1-6-8-13-23-47(24-14-9-7-2)61-37-35-28-48(45(57)50(5)34(42(54)49-25-26-52)27-32-15-11-10-12-16-32)39(43(55)59-35)51(63-40(48)38(37)62-47)29-33-19-17-31(18-20-33)21-22-36(53)60-41-44(56)58-30-46(41,3)4/h10-12,15-22,34-35,37-41,52H,6-9,13-14,23-30H2,1-5H3,(H,49,54)/t34-,35-,37+,38+,39-,40-,41+,48-/m1/s1. The fourth-order valence-corrected chi connectivity index (χ4v) is 9.86. The van der Waals surface area contributed by atoms with Crippen LogP contribution in [-0.4, -0.2) is 120 Å². The van der Waals surface area contributed by atoms with Gasteiger partial charge >= 0.3 is 17.9 Å². The number of nitrogens with one attached hydrogen (secondary N) is 1. The quantitative estimate of drug-likeness (QED) is 0.0802. The highest BCUT2D eigenvalue weighted by Gasteiger charge is 2.76. The number of aliphatic hydroxyl groups is 1. The number of aliphatic hydroxyl groups excluding tert-OH is 1. The molecule has 0 radical (unpaired) electrons. The minimum absolute atomic E-state index is 0.00876. The number of hydrogen-bond donors (Lipinski definition) is 2. The van der Waals surface area contributed by atoms with Gasteiger partial charge in [-0.15, -0.1) is 0 Å². The van der Waals surface area contributed by atoms with Crippen molar-refractivity contribution in [3.05, 3.63) is 77.4 Å². The van der Waals surface area contributed by atoms with E-state index in [4.69, 9.17) is 28.5 Å². The van der Waals surface area contributed by atoms with Crippen molar-refractivity contribution >= 4 is 35.8 Å². The second-order valence-corrected chi connectivity index (χ2v) is 18.3. The topological polar surface area (TPSA) is 179 Å². The summed E-state index contributed by atoms with van der Waals surface area (Å²) in [7, 11) is 1.59. The molecule has 4 aliphatic heterocycles. The molecule has 7 rings (SSSR count). The summed E-state index contributed by atoms with van der Waals surface area (Å²) in [5, 5.41) is 13.9. The number of hydrogen-bond acceptors (Lipinski definition) is 13. The lowest BCUT2D eigenvalue weighted by Crippen LogP contribution is -2.70. The summed E-state index contributed by atoms with van der Waals surface area (Å²) >= 11 is 0. The largest absolute Gasteiger partial charge is 0.462 e. The van der Waals surface area contributed by atoms with E-state index in [0.717, 1.165) is 49.7 Å². The van der Waals surface area contributed by atoms with E-state index >= 15 is 4.79 Å². The predicted molar refractivity (Wildman–Crippen MR) is 229 cm³/mol. The molecule has 5 fully saturated rings. The van der Waals surface area contributed by atoms with E-state index in [9.17, 15) is 24.3 Å². The van der Waals surface area contributed by atoms with Crippen LogP contribution in [0.3, 0.4) is 0 Å². The van der Waals surface area contributed by atoms with E-state index < -0.39 is 88.9 Å². The maximum atomic E-state index is 15.6. The highest BCUT2D eigenvalue weighted by Crippen LogP contribution is 2.58. The Morgan fingerprint density at radius 2 is 1.62 bits per heavy atom. The summed E-state index contributed by atoms with van der Waals surface area (Å²) < 4.78 is 30.7. The van der Waals surface area contributed by atoms with Crippen molar-refractivity contribution in [2.45, 2.75) is 147 Å². The van der Waals surface area contributed by atoms with Crippen molar-refractivity contribution in [2.75, 3.05) is 26.8 Å². The molecule has 2 bridgehead atoms. The minimum Gasteiger partial charge on any atom is -0.462 e. The second-order valence-electron chi connectivity index (χ2n) is 18.3. The zero-order valence-electron chi connectivity index (χ0n) is 37.1. The monoisotopic (exact) mass is 873 g/mol. The molecular weight excluding hydrogens is 811 g/mol. The van der Waals surface area contributed by atoms with E-state index in [-0.39, 0.29) is 39.1 Å². The third-order valence-electron chi connectivity index (χ3n) is 13.2. The molecule has 2 N–H and O–H groups in total. The number of carbonyl (C=O) groups is 5. The molecule has 15 heteroatoms. The van der Waals surface area contributed by atoms with Crippen LogP contribution in [0.1, 0.15) is 102 Å². The molecule has 63 heavy (non-hydrogen) atoms. The third kappa shape index (κ3) is 9.58. The Morgan fingerprint density at radius 1 is 0.937 bits per heavy atom. The number of unbranched alkanes of at least 4 members (excludes halogenated alkanes) is 4. The van der Waals surface area contributed by atoms with Crippen molar-refractivity contribution in [3.8, 4) is 0 Å². The normalized spacial score (nSPS) is 28.3. The summed E-state index contributed by atoms with van der Waals surface area (Å²) in [4.78, 5) is 77.0. The van der Waals surface area contributed by atoms with Crippen LogP contribution in [-0.2, 0) is 65.5 Å². The van der Waals surface area contributed by atoms with Gasteiger partial charge < -0.3 is 39.0 Å². The molecule has 1 aliphatic carbocycles. The van der Waals surface area contributed by atoms with Crippen LogP contribution in [0.5, 0.6) is 0 Å². The van der Waals surface area contributed by atoms with Crippen molar-refractivity contribution in [1.82, 2.24) is 15.3 Å². The van der Waals surface area contributed by atoms with Gasteiger partial charge in [-0.1, -0.05) is 108 Å². The zero-order valence-corrected chi connectivity index (χ0v) is 37.1. The van der Waals surface area contributed by atoms with Gasteiger partial charge in [0.05, 0.1) is 13.2 Å². The number of hydroxylamine groups is 2. The number of esters is 3. The lowest BCUT2D eigenvalue weighted by atomic mass is 9.62. The fourth-order valence-electron chi connectivity index (χ4n) is 9.86. The third-order valence-corrected chi connectivity index (χ3v) is 13.2. The van der Waals surface area contributed by atoms with Crippen LogP contribution < -0.4 is 5.32 Å². The van der Waals surface area contributed by atoms with Gasteiger partial charge in [-0.05, 0) is 35.6 Å². The molecule has 2 aromatic carbocycles. The number of nitrogens with zero attached hydrogens (tertiary/aromatic N) is 2. The molecule has 0 spiro atoms. The number of carbonyl (C=O) groups excluding carboxylic acids is 5. The molecule has 15 nitrogen and oxygen atoms in total. The Balaban J connectivity index is 1.19. The number of fused-ring (bicyclic) bond motifs is 4. The van der Waals surface area contributed by atoms with Gasteiger partial charge in [0, 0.05) is 50.8 Å². The lowest BCUT2D eigenvalue weighted by molar-refractivity contribution is -0.225. The molecule has 342 valence electrons. The number of cyclic esters (lactones) is 1. The average Bonchev–Trinajstić information content (AvgIpc) is 3.91. The van der Waals surface area contributed by atoms with Crippen molar-refractivity contribution in [2.24, 2.45) is 10.8 Å². The fraction of sp³-hybridized carbons (Fsp3) is 0.604. The molecule has 0 aromatic heterocycles. The van der Waals surface area contributed by atoms with E-state index in [1.165, 1.54) is 16.0 Å². The van der Waals surface area contributed by atoms with Crippen LogP contribution in [0.2, 0.25) is 0 Å². The molecule has 0 unspecified atom stereocenters. The molecule has 4 heterocycles. The number of amides is 2. The summed E-state index contributed by atoms with van der Waals surface area (Å²) in [5.41, 5.74) is 0.105. The van der Waals surface area contributed by atoms with Crippen LogP contribution >= 0.6 is 0 Å². The molecule has 2 amide bonds. The van der Waals surface area contributed by atoms with Gasteiger partial charge in [-0.2, -0.15) is 5.06 Å². The Hall–Kier alpha value is -4.67. The van der Waals surface area contributed by atoms with E-state index in [0.29, 0.717) is 18.4 Å². The maximum Gasteiger partial charge on any atom is 0.348 e. The van der Waals surface area contributed by atoms with Crippen LogP contribution in [0, 0.1) is 10.8 Å². The van der Waals surface area contributed by atoms with Gasteiger partial charge in [0.1, 0.15) is 42.5 Å². The SMILES string of the molecule is CCCCCC1(CCCCC)O[C@@H]2[C@H](O1)[C@H]1ON(Cc3ccc(C=CC(=O)O[C@H]4C(=O)OCC4(C)C)cc3)[C@@H]3C(=O)O[C@@H]2C[C@]13C(=O)N(C)[C@H](Cc1ccccc1)C(=O)NCCO. The molecule has 5 aliphatic rings. The first-order chi connectivity index (χ1) is 30.3. The smallest absolute Gasteiger partial charge is 0.348 e. The first-order valence-electron chi connectivity index (χ1n) is 22.6. The number of benzene rings is 2. The summed E-state index contributed by atoms with van der Waals surface area (Å²) in [6, 6.07) is 14.5. The summed E-state index contributed by atoms with van der Waals surface area (Å²) in [5.74, 6) is -3.69. The van der Waals surface area contributed by atoms with E-state index in [2.05, 4.69) is 19.2 Å². The Morgan fingerprint density at radius 3 is 2.25 bits per heavy atom. The highest BCUT2D eigenvalue weighted by atomic mass is 16.8. The maximum absolute atomic E-state index is 15.6. The molecule has 8 atom stereocenters. The van der Waals surface area contributed by atoms with Gasteiger partial charge in [0.15, 0.2) is 11.8 Å². The highest BCUT2D eigenvalue weighted by molar-refractivity contribution is 5.96. The first kappa shape index (κ1) is 46.3. The van der Waals surface area contributed by atoms with Crippen LogP contribution in [0.4, 0.5) is 0 Å². The van der Waals surface area contributed by atoms with E-state index in [1.54, 1.807) is 39.1 Å².